The van der Waals surface area contributed by atoms with Crippen LogP contribution < -0.4 is 0 Å². The fourth-order valence-electron chi connectivity index (χ4n) is 10.9. The third-order valence-corrected chi connectivity index (χ3v) is 13.3. The molecule has 2 nitrogen and oxygen atoms in total. The zero-order valence-electron chi connectivity index (χ0n) is 32.6. The van der Waals surface area contributed by atoms with Gasteiger partial charge in [0.15, 0.2) is 0 Å². The van der Waals surface area contributed by atoms with E-state index < -0.39 is 0 Å². The van der Waals surface area contributed by atoms with E-state index in [1.54, 1.807) is 0 Å². The predicted octanol–water partition coefficient (Wildman–Crippen LogP) is 14.6. The molecule has 1 aliphatic rings. The van der Waals surface area contributed by atoms with Gasteiger partial charge < -0.3 is 9.13 Å². The minimum absolute atomic E-state index is 0.171. The summed E-state index contributed by atoms with van der Waals surface area (Å²) in [5.74, 6) is 0. The summed E-state index contributed by atoms with van der Waals surface area (Å²) in [4.78, 5) is 0. The highest BCUT2D eigenvalue weighted by atomic mass is 14.9. The van der Waals surface area contributed by atoms with E-state index in [2.05, 4.69) is 207 Å². The summed E-state index contributed by atoms with van der Waals surface area (Å²) in [7, 11) is 4.44. The normalized spacial score (nSPS) is 13.4. The van der Waals surface area contributed by atoms with E-state index in [0.29, 0.717) is 0 Å². The summed E-state index contributed by atoms with van der Waals surface area (Å²) in [5.41, 5.74) is 17.9. The van der Waals surface area contributed by atoms with Gasteiger partial charge in [-0.1, -0.05) is 166 Å². The first kappa shape index (κ1) is 32.4. The highest BCUT2D eigenvalue weighted by Crippen LogP contribution is 2.55. The Bertz CT molecular complexity index is 3340. The number of aryl methyl sites for hydroxylation is 2. The summed E-state index contributed by atoms with van der Waals surface area (Å²) < 4.78 is 4.77. The molecule has 0 atom stereocenters. The van der Waals surface area contributed by atoms with E-state index in [9.17, 15) is 0 Å². The van der Waals surface area contributed by atoms with Crippen molar-refractivity contribution in [2.24, 2.45) is 14.1 Å². The van der Waals surface area contributed by atoms with Crippen LogP contribution in [-0.4, -0.2) is 9.13 Å². The third-order valence-electron chi connectivity index (χ3n) is 13.3. The Morgan fingerprint density at radius 1 is 0.333 bits per heavy atom. The molecule has 0 saturated heterocycles. The number of aromatic nitrogens is 2. The fraction of sp³-hybridized carbons (Fsp3) is 0.0909. The van der Waals surface area contributed by atoms with E-state index in [0.717, 1.165) is 0 Å². The van der Waals surface area contributed by atoms with Crippen LogP contribution in [0.5, 0.6) is 0 Å². The molecule has 11 aromatic rings. The van der Waals surface area contributed by atoms with Gasteiger partial charge in [0, 0.05) is 63.2 Å². The van der Waals surface area contributed by atoms with Crippen molar-refractivity contribution in [1.82, 2.24) is 9.13 Å². The molecule has 0 amide bonds. The molecule has 12 rings (SSSR count). The van der Waals surface area contributed by atoms with Gasteiger partial charge in [-0.2, -0.15) is 0 Å². The minimum Gasteiger partial charge on any atom is -0.343 e. The molecule has 1 aliphatic carbocycles. The summed E-state index contributed by atoms with van der Waals surface area (Å²) in [6, 6.07) is 63.7. The van der Waals surface area contributed by atoms with Crippen LogP contribution in [0.2, 0.25) is 0 Å². The highest BCUT2D eigenvalue weighted by molar-refractivity contribution is 6.23. The third kappa shape index (κ3) is 4.25. The Balaban J connectivity index is 1.25. The van der Waals surface area contributed by atoms with Crippen molar-refractivity contribution < 1.29 is 0 Å². The lowest BCUT2D eigenvalue weighted by atomic mass is 9.77. The molecular weight excluding hydrogens is 689 g/mol. The molecule has 0 saturated carbocycles. The average molecular weight is 729 g/mol. The molecule has 0 N–H and O–H groups in total. The van der Waals surface area contributed by atoms with Crippen molar-refractivity contribution in [3.63, 3.8) is 0 Å². The van der Waals surface area contributed by atoms with Crippen molar-refractivity contribution in [2.45, 2.75) is 19.3 Å². The van der Waals surface area contributed by atoms with Crippen molar-refractivity contribution in [3.05, 3.63) is 181 Å². The highest BCUT2D eigenvalue weighted by Gasteiger charge is 2.38. The number of hydrogen-bond donors (Lipinski definition) is 0. The number of rotatable bonds is 3. The van der Waals surface area contributed by atoms with Gasteiger partial charge in [-0.05, 0) is 84.3 Å². The number of hydrogen-bond acceptors (Lipinski definition) is 0. The lowest BCUT2D eigenvalue weighted by Crippen LogP contribution is -2.16. The van der Waals surface area contributed by atoms with E-state index in [1.807, 2.05) is 0 Å². The molecule has 57 heavy (non-hydrogen) atoms. The molecular formula is C55H40N2. The van der Waals surface area contributed by atoms with E-state index in [1.165, 1.54) is 121 Å². The maximum absolute atomic E-state index is 2.50. The lowest BCUT2D eigenvalue weighted by molar-refractivity contribution is 0.662. The SMILES string of the molecule is Cn1c2ccccc2c2cccc(-c3cccc4c(-c5cccc6c5C(C)(C)c5ccccc5-6)c5cccc(-c6cccc7c8ccccc8n(C)c67)c5cc34)c21. The molecule has 9 aromatic carbocycles. The molecule has 2 heterocycles. The van der Waals surface area contributed by atoms with E-state index in [-0.39, 0.29) is 5.41 Å². The number of fused-ring (bicyclic) bond motifs is 11. The van der Waals surface area contributed by atoms with Gasteiger partial charge in [-0.3, -0.25) is 0 Å². The van der Waals surface area contributed by atoms with Crippen LogP contribution in [0, 0.1) is 0 Å². The van der Waals surface area contributed by atoms with Crippen molar-refractivity contribution in [1.29, 1.82) is 0 Å². The molecule has 2 heteroatoms. The number of para-hydroxylation sites is 4. The van der Waals surface area contributed by atoms with Gasteiger partial charge in [-0.15, -0.1) is 0 Å². The number of benzene rings is 9. The maximum atomic E-state index is 2.50. The van der Waals surface area contributed by atoms with Gasteiger partial charge in [0.2, 0.25) is 0 Å². The van der Waals surface area contributed by atoms with Crippen LogP contribution >= 0.6 is 0 Å². The van der Waals surface area contributed by atoms with Gasteiger partial charge in [0.25, 0.3) is 0 Å². The van der Waals surface area contributed by atoms with Crippen LogP contribution in [0.3, 0.4) is 0 Å². The quantitative estimate of drug-likeness (QED) is 0.160. The molecule has 0 aliphatic heterocycles. The van der Waals surface area contributed by atoms with Crippen LogP contribution in [0.25, 0.3) is 110 Å². The van der Waals surface area contributed by atoms with Gasteiger partial charge in [0.05, 0.1) is 11.0 Å². The predicted molar refractivity (Wildman–Crippen MR) is 243 cm³/mol. The molecule has 2 aromatic heterocycles. The first-order valence-corrected chi connectivity index (χ1v) is 20.1. The smallest absolute Gasteiger partial charge is 0.0568 e. The second-order valence-corrected chi connectivity index (χ2v) is 16.5. The molecule has 0 unspecified atom stereocenters. The first-order chi connectivity index (χ1) is 27.9. The topological polar surface area (TPSA) is 9.86 Å². The Kier molecular flexibility index (Phi) is 6.57. The van der Waals surface area contributed by atoms with Crippen molar-refractivity contribution in [2.75, 3.05) is 0 Å². The molecule has 0 spiro atoms. The summed E-state index contributed by atoms with van der Waals surface area (Å²) in [5, 5.41) is 10.2. The van der Waals surface area contributed by atoms with Crippen molar-refractivity contribution >= 4 is 65.2 Å². The van der Waals surface area contributed by atoms with Gasteiger partial charge >= 0.3 is 0 Å². The lowest BCUT2D eigenvalue weighted by Gasteiger charge is -2.26. The Hall–Kier alpha value is -6.90. The Morgan fingerprint density at radius 3 is 1.32 bits per heavy atom. The summed E-state index contributed by atoms with van der Waals surface area (Å²) >= 11 is 0. The fourth-order valence-corrected chi connectivity index (χ4v) is 10.9. The van der Waals surface area contributed by atoms with Crippen molar-refractivity contribution in [3.8, 4) is 44.5 Å². The van der Waals surface area contributed by atoms with E-state index >= 15 is 0 Å². The Labute approximate surface area is 331 Å². The number of nitrogens with zero attached hydrogens (tertiary/aromatic N) is 2. The van der Waals surface area contributed by atoms with Crippen LogP contribution in [0.4, 0.5) is 0 Å². The second-order valence-electron chi connectivity index (χ2n) is 16.5. The Morgan fingerprint density at radius 2 is 0.737 bits per heavy atom. The standard InChI is InChI=1S/C55H40N2/c1-55(2)48-29-8-5-16-35(48)40-23-13-28-45(52(40)55)51-38-21-11-19-33(41-24-14-26-43-36-17-6-9-30-49(36)56(3)53(41)43)46(38)32-47-34(20-12-22-39(47)51)42-25-15-27-44-37-18-7-10-31-50(37)57(4)54(42)44/h5-32H,1-4H3. The zero-order valence-corrected chi connectivity index (χ0v) is 32.6. The molecule has 0 fully saturated rings. The summed E-state index contributed by atoms with van der Waals surface area (Å²) in [6.07, 6.45) is 0. The molecule has 0 radical (unpaired) electrons. The molecule has 270 valence electrons. The zero-order chi connectivity index (χ0) is 38.2. The molecule has 0 bridgehead atoms. The van der Waals surface area contributed by atoms with Gasteiger partial charge in [-0.25, -0.2) is 0 Å². The van der Waals surface area contributed by atoms with E-state index in [4.69, 9.17) is 0 Å². The maximum Gasteiger partial charge on any atom is 0.0568 e. The second kappa shape index (κ2) is 11.6. The minimum atomic E-state index is -0.171. The first-order valence-electron chi connectivity index (χ1n) is 20.1. The monoisotopic (exact) mass is 728 g/mol. The van der Waals surface area contributed by atoms with Crippen LogP contribution in [0.1, 0.15) is 25.0 Å². The average Bonchev–Trinajstić information content (AvgIpc) is 3.81. The van der Waals surface area contributed by atoms with Crippen LogP contribution in [-0.2, 0) is 19.5 Å². The van der Waals surface area contributed by atoms with Gasteiger partial charge in [0.1, 0.15) is 0 Å². The largest absolute Gasteiger partial charge is 0.343 e. The summed E-state index contributed by atoms with van der Waals surface area (Å²) in [6.45, 7) is 4.82. The van der Waals surface area contributed by atoms with Crippen LogP contribution in [0.15, 0.2) is 170 Å².